The van der Waals surface area contributed by atoms with Gasteiger partial charge in [0.25, 0.3) is 0 Å². The number of rotatable bonds is 7. The van der Waals surface area contributed by atoms with Crippen molar-refractivity contribution in [3.63, 3.8) is 0 Å². The van der Waals surface area contributed by atoms with Gasteiger partial charge in [-0.15, -0.1) is 0 Å². The lowest BCUT2D eigenvalue weighted by atomic mass is 10.0. The van der Waals surface area contributed by atoms with Crippen LogP contribution in [-0.4, -0.2) is 32.8 Å². The van der Waals surface area contributed by atoms with E-state index in [2.05, 4.69) is 46.5 Å². The molecule has 6 heteroatoms. The third kappa shape index (κ3) is 3.93. The molecule has 0 amide bonds. The summed E-state index contributed by atoms with van der Waals surface area (Å²) < 4.78 is 1.82. The average Bonchev–Trinajstić information content (AvgIpc) is 2.85. The van der Waals surface area contributed by atoms with E-state index in [9.17, 15) is 0 Å². The molecule has 0 saturated carbocycles. The first kappa shape index (κ1) is 15.3. The molecule has 21 heavy (non-hydrogen) atoms. The third-order valence-corrected chi connectivity index (χ3v) is 3.27. The van der Waals surface area contributed by atoms with Crippen LogP contribution in [0.2, 0.25) is 0 Å². The maximum atomic E-state index is 4.40. The Kier molecular flexibility index (Phi) is 5.14. The summed E-state index contributed by atoms with van der Waals surface area (Å²) in [4.78, 5) is 8.74. The zero-order valence-corrected chi connectivity index (χ0v) is 13.2. The Morgan fingerprint density at radius 3 is 2.48 bits per heavy atom. The van der Waals surface area contributed by atoms with E-state index in [0.717, 1.165) is 36.7 Å². The lowest BCUT2D eigenvalue weighted by molar-refractivity contribution is 0.766. The van der Waals surface area contributed by atoms with Crippen LogP contribution in [0.3, 0.4) is 0 Å². The van der Waals surface area contributed by atoms with Crippen LogP contribution in [0.4, 0.5) is 11.6 Å². The molecule has 0 atom stereocenters. The molecule has 2 rings (SSSR count). The minimum Gasteiger partial charge on any atom is -0.370 e. The maximum absolute atomic E-state index is 4.40. The number of aryl methyl sites for hydroxylation is 1. The van der Waals surface area contributed by atoms with Crippen molar-refractivity contribution in [3.05, 3.63) is 29.8 Å². The van der Waals surface area contributed by atoms with Crippen molar-refractivity contribution in [2.45, 2.75) is 33.1 Å². The third-order valence-electron chi connectivity index (χ3n) is 3.27. The number of hydrogen-bond donors (Lipinski definition) is 2. The summed E-state index contributed by atoms with van der Waals surface area (Å²) in [6, 6.07) is 0. The van der Waals surface area contributed by atoms with Crippen LogP contribution in [-0.2, 0) is 13.5 Å². The Balaban J connectivity index is 2.06. The molecule has 0 fully saturated rings. The monoisotopic (exact) mass is 288 g/mol. The fourth-order valence-electron chi connectivity index (χ4n) is 2.32. The second-order valence-electron chi connectivity index (χ2n) is 5.37. The van der Waals surface area contributed by atoms with Gasteiger partial charge in [0.05, 0.1) is 6.20 Å². The molecule has 2 aromatic rings. The van der Waals surface area contributed by atoms with Gasteiger partial charge in [0.1, 0.15) is 18.0 Å². The van der Waals surface area contributed by atoms with E-state index in [-0.39, 0.29) is 0 Å². The molecule has 2 aromatic heterocycles. The first-order chi connectivity index (χ1) is 10.1. The van der Waals surface area contributed by atoms with Crippen molar-refractivity contribution in [1.29, 1.82) is 0 Å². The van der Waals surface area contributed by atoms with Gasteiger partial charge >= 0.3 is 0 Å². The molecule has 0 saturated heterocycles. The Hall–Kier alpha value is -2.11. The van der Waals surface area contributed by atoms with Crippen molar-refractivity contribution < 1.29 is 0 Å². The number of nitrogens with zero attached hydrogens (tertiary/aromatic N) is 4. The van der Waals surface area contributed by atoms with Crippen LogP contribution in [0.5, 0.6) is 0 Å². The molecule has 0 aliphatic heterocycles. The van der Waals surface area contributed by atoms with Crippen LogP contribution < -0.4 is 10.6 Å². The molecule has 0 spiro atoms. The highest BCUT2D eigenvalue weighted by Gasteiger charge is 2.14. The quantitative estimate of drug-likeness (QED) is 0.819. The second-order valence-corrected chi connectivity index (χ2v) is 5.37. The molecular formula is C15H24N6. The van der Waals surface area contributed by atoms with Crippen molar-refractivity contribution in [1.82, 2.24) is 19.7 Å². The molecule has 2 heterocycles. The average molecular weight is 288 g/mol. The van der Waals surface area contributed by atoms with E-state index in [1.807, 2.05) is 24.1 Å². The summed E-state index contributed by atoms with van der Waals surface area (Å²) in [7, 11) is 1.93. The predicted octanol–water partition coefficient (Wildman–Crippen LogP) is 2.42. The lowest BCUT2D eigenvalue weighted by Crippen LogP contribution is -2.13. The molecule has 6 nitrogen and oxygen atoms in total. The predicted molar refractivity (Wildman–Crippen MR) is 85.7 cm³/mol. The van der Waals surface area contributed by atoms with Gasteiger partial charge in [0.2, 0.25) is 0 Å². The summed E-state index contributed by atoms with van der Waals surface area (Å²) in [5.74, 6) is 2.20. The minimum atomic E-state index is 0.362. The minimum absolute atomic E-state index is 0.362. The van der Waals surface area contributed by atoms with Crippen LogP contribution >= 0.6 is 0 Å². The Bertz CT molecular complexity index is 575. The molecular weight excluding hydrogens is 264 g/mol. The van der Waals surface area contributed by atoms with Gasteiger partial charge in [-0.25, -0.2) is 9.97 Å². The number of nitrogens with one attached hydrogen (secondary N) is 2. The van der Waals surface area contributed by atoms with Crippen LogP contribution in [0.1, 0.15) is 37.8 Å². The normalized spacial score (nSPS) is 10.9. The van der Waals surface area contributed by atoms with Crippen LogP contribution in [0, 0.1) is 0 Å². The molecule has 0 bridgehead atoms. The first-order valence-electron chi connectivity index (χ1n) is 7.42. The van der Waals surface area contributed by atoms with Crippen LogP contribution in [0.15, 0.2) is 18.7 Å². The fraction of sp³-hybridized carbons (Fsp3) is 0.533. The summed E-state index contributed by atoms with van der Waals surface area (Å²) in [5, 5.41) is 10.9. The van der Waals surface area contributed by atoms with Crippen molar-refractivity contribution >= 4 is 11.6 Å². The van der Waals surface area contributed by atoms with E-state index in [4.69, 9.17) is 0 Å². The summed E-state index contributed by atoms with van der Waals surface area (Å²) >= 11 is 0. The second kappa shape index (κ2) is 7.06. The van der Waals surface area contributed by atoms with E-state index >= 15 is 0 Å². The molecule has 114 valence electrons. The van der Waals surface area contributed by atoms with Crippen LogP contribution in [0.25, 0.3) is 0 Å². The number of aromatic nitrogens is 4. The Labute approximate surface area is 126 Å². The fourth-order valence-corrected chi connectivity index (χ4v) is 2.32. The zero-order valence-electron chi connectivity index (χ0n) is 13.2. The Morgan fingerprint density at radius 1 is 1.19 bits per heavy atom. The molecule has 0 unspecified atom stereocenters. The zero-order chi connectivity index (χ0) is 15.2. The smallest absolute Gasteiger partial charge is 0.134 e. The van der Waals surface area contributed by atoms with Gasteiger partial charge in [-0.3, -0.25) is 4.68 Å². The van der Waals surface area contributed by atoms with Gasteiger partial charge in [0.15, 0.2) is 0 Å². The van der Waals surface area contributed by atoms with Gasteiger partial charge in [0, 0.05) is 31.9 Å². The van der Waals surface area contributed by atoms with E-state index in [1.165, 1.54) is 5.56 Å². The lowest BCUT2D eigenvalue weighted by Gasteiger charge is -2.17. The summed E-state index contributed by atoms with van der Waals surface area (Å²) in [6.07, 6.45) is 6.46. The SMILES string of the molecule is CCNc1ncnc(NCCc2cnn(C)c2)c1C(C)C. The van der Waals surface area contributed by atoms with Gasteiger partial charge in [-0.05, 0) is 24.8 Å². The molecule has 2 N–H and O–H groups in total. The van der Waals surface area contributed by atoms with Gasteiger partial charge in [-0.2, -0.15) is 5.10 Å². The van der Waals surface area contributed by atoms with Crippen molar-refractivity contribution in [3.8, 4) is 0 Å². The summed E-state index contributed by atoms with van der Waals surface area (Å²) in [6.45, 7) is 8.07. The molecule has 0 radical (unpaired) electrons. The van der Waals surface area contributed by atoms with E-state index in [1.54, 1.807) is 6.33 Å². The largest absolute Gasteiger partial charge is 0.370 e. The molecule has 0 aromatic carbocycles. The number of hydrogen-bond acceptors (Lipinski definition) is 5. The topological polar surface area (TPSA) is 67.7 Å². The van der Waals surface area contributed by atoms with Crippen molar-refractivity contribution in [2.75, 3.05) is 23.7 Å². The number of anilines is 2. The molecule has 0 aliphatic rings. The van der Waals surface area contributed by atoms with Gasteiger partial charge < -0.3 is 10.6 Å². The first-order valence-corrected chi connectivity index (χ1v) is 7.42. The summed E-state index contributed by atoms with van der Waals surface area (Å²) in [5.41, 5.74) is 2.36. The van der Waals surface area contributed by atoms with E-state index < -0.39 is 0 Å². The Morgan fingerprint density at radius 2 is 1.90 bits per heavy atom. The highest BCUT2D eigenvalue weighted by Crippen LogP contribution is 2.28. The maximum Gasteiger partial charge on any atom is 0.134 e. The van der Waals surface area contributed by atoms with Crippen molar-refractivity contribution in [2.24, 2.45) is 7.05 Å². The van der Waals surface area contributed by atoms with Gasteiger partial charge in [-0.1, -0.05) is 13.8 Å². The molecule has 0 aliphatic carbocycles. The van der Waals surface area contributed by atoms with E-state index in [0.29, 0.717) is 5.92 Å². The highest BCUT2D eigenvalue weighted by atomic mass is 15.2. The standard InChI is InChI=1S/C15H24N6/c1-5-16-14-13(11(2)3)15(19-10-18-14)17-7-6-12-8-20-21(4)9-12/h8-11H,5-7H2,1-4H3,(H2,16,17,18,19). The highest BCUT2D eigenvalue weighted by molar-refractivity contribution is 5.59.